The predicted molar refractivity (Wildman–Crippen MR) is 91.2 cm³/mol. The molecule has 6 heteroatoms. The summed E-state index contributed by atoms with van der Waals surface area (Å²) in [5.74, 6) is 2.44. The van der Waals surface area contributed by atoms with Crippen LogP contribution in [-0.2, 0) is 13.0 Å². The Bertz CT molecular complexity index is 651. The molecule has 1 unspecified atom stereocenters. The number of rotatable bonds is 4. The van der Waals surface area contributed by atoms with Gasteiger partial charge < -0.3 is 10.6 Å². The highest BCUT2D eigenvalue weighted by Crippen LogP contribution is 2.35. The molecule has 0 spiro atoms. The van der Waals surface area contributed by atoms with Gasteiger partial charge in [0.05, 0.1) is 23.9 Å². The topological polar surface area (TPSA) is 56.2 Å². The van der Waals surface area contributed by atoms with E-state index < -0.39 is 0 Å². The van der Waals surface area contributed by atoms with Gasteiger partial charge in [0.25, 0.3) is 0 Å². The Balaban J connectivity index is 1.90. The number of thioether (sulfide) groups is 1. The van der Waals surface area contributed by atoms with Crippen LogP contribution in [0.5, 0.6) is 0 Å². The monoisotopic (exact) mass is 323 g/mol. The van der Waals surface area contributed by atoms with Crippen LogP contribution in [0.1, 0.15) is 30.7 Å². The maximum atomic E-state index is 6.23. The first-order chi connectivity index (χ1) is 10.0. The molecule has 0 aromatic carbocycles. The minimum atomic E-state index is 0.670. The van der Waals surface area contributed by atoms with Crippen molar-refractivity contribution in [3.05, 3.63) is 10.4 Å². The van der Waals surface area contributed by atoms with Gasteiger partial charge in [-0.3, -0.25) is 0 Å². The van der Waals surface area contributed by atoms with Crippen molar-refractivity contribution < 1.29 is 4.90 Å². The third-order valence-corrected chi connectivity index (χ3v) is 5.94. The minimum absolute atomic E-state index is 0.670. The highest BCUT2D eigenvalue weighted by Gasteiger charge is 2.24. The van der Waals surface area contributed by atoms with Crippen LogP contribution < -0.4 is 10.6 Å². The zero-order valence-corrected chi connectivity index (χ0v) is 14.5. The number of hydrogen-bond acceptors (Lipinski definition) is 5. The minimum Gasteiger partial charge on any atom is -0.383 e. The third-order valence-electron chi connectivity index (χ3n) is 3.93. The smallest absolute Gasteiger partial charge is 0.190 e. The van der Waals surface area contributed by atoms with E-state index in [2.05, 4.69) is 25.9 Å². The highest BCUT2D eigenvalue weighted by atomic mass is 32.2. The third kappa shape index (κ3) is 3.17. The lowest BCUT2D eigenvalue weighted by Crippen LogP contribution is -3.08. The van der Waals surface area contributed by atoms with Gasteiger partial charge in [0.2, 0.25) is 0 Å². The zero-order valence-electron chi connectivity index (χ0n) is 12.9. The van der Waals surface area contributed by atoms with E-state index in [1.807, 2.05) is 0 Å². The molecule has 0 amide bonds. The fourth-order valence-corrected chi connectivity index (χ4v) is 5.16. The highest BCUT2D eigenvalue weighted by molar-refractivity contribution is 7.99. The fraction of sp³-hybridized carbons (Fsp3) is 0.600. The van der Waals surface area contributed by atoms with E-state index in [0.29, 0.717) is 11.7 Å². The van der Waals surface area contributed by atoms with E-state index in [4.69, 9.17) is 10.7 Å². The molecule has 2 aromatic rings. The van der Waals surface area contributed by atoms with Crippen molar-refractivity contribution in [2.75, 3.05) is 25.1 Å². The standard InChI is InChI=1S/C15H22N4S2/c1-9(2)5-7-20-15-17-13(16)12-10-4-6-19(3)8-11(10)21-14(12)18-15/h9H,4-8H2,1-3H3,(H2,16,17,18)/p+1. The van der Waals surface area contributed by atoms with Crippen molar-refractivity contribution in [2.45, 2.75) is 38.4 Å². The van der Waals surface area contributed by atoms with Gasteiger partial charge in [-0.05, 0) is 17.9 Å². The Morgan fingerprint density at radius 1 is 1.38 bits per heavy atom. The molecule has 0 saturated heterocycles. The molecule has 2 aromatic heterocycles. The lowest BCUT2D eigenvalue weighted by molar-refractivity contribution is -0.895. The number of fused-ring (bicyclic) bond motifs is 3. The van der Waals surface area contributed by atoms with Crippen LogP contribution in [-0.4, -0.2) is 29.3 Å². The Morgan fingerprint density at radius 2 is 2.19 bits per heavy atom. The fourth-order valence-electron chi connectivity index (χ4n) is 2.67. The largest absolute Gasteiger partial charge is 0.383 e. The van der Waals surface area contributed by atoms with Crippen molar-refractivity contribution in [1.29, 1.82) is 0 Å². The van der Waals surface area contributed by atoms with Gasteiger partial charge in [0.15, 0.2) is 5.16 Å². The number of nitrogens with zero attached hydrogens (tertiary/aromatic N) is 2. The Kier molecular flexibility index (Phi) is 4.38. The molecule has 4 nitrogen and oxygen atoms in total. The van der Waals surface area contributed by atoms with Crippen molar-refractivity contribution >= 4 is 39.1 Å². The lowest BCUT2D eigenvalue weighted by atomic mass is 10.1. The predicted octanol–water partition coefficient (Wildman–Crippen LogP) is 1.98. The molecule has 0 aliphatic carbocycles. The molecule has 0 fully saturated rings. The molecule has 1 aliphatic rings. The van der Waals surface area contributed by atoms with Crippen molar-refractivity contribution in [3.8, 4) is 0 Å². The Labute approximate surface area is 134 Å². The molecule has 3 N–H and O–H groups in total. The second-order valence-electron chi connectivity index (χ2n) is 6.24. The van der Waals surface area contributed by atoms with E-state index in [9.17, 15) is 0 Å². The molecule has 0 bridgehead atoms. The molecule has 0 radical (unpaired) electrons. The number of thiophene rings is 1. The van der Waals surface area contributed by atoms with Gasteiger partial charge in [-0.2, -0.15) is 0 Å². The zero-order chi connectivity index (χ0) is 15.0. The first-order valence-electron chi connectivity index (χ1n) is 7.56. The summed E-state index contributed by atoms with van der Waals surface area (Å²) in [6.45, 7) is 6.74. The van der Waals surface area contributed by atoms with Crippen LogP contribution in [0.15, 0.2) is 5.16 Å². The van der Waals surface area contributed by atoms with Crippen LogP contribution in [0, 0.1) is 5.92 Å². The summed E-state index contributed by atoms with van der Waals surface area (Å²) in [5, 5.41) is 1.95. The summed E-state index contributed by atoms with van der Waals surface area (Å²) in [6, 6.07) is 0. The summed E-state index contributed by atoms with van der Waals surface area (Å²) in [7, 11) is 2.25. The van der Waals surface area contributed by atoms with E-state index in [0.717, 1.165) is 34.1 Å². The van der Waals surface area contributed by atoms with Gasteiger partial charge in [-0.1, -0.05) is 25.6 Å². The van der Waals surface area contributed by atoms with E-state index >= 15 is 0 Å². The molecule has 0 saturated carbocycles. The van der Waals surface area contributed by atoms with Crippen molar-refractivity contribution in [3.63, 3.8) is 0 Å². The molecule has 3 rings (SSSR count). The van der Waals surface area contributed by atoms with Gasteiger partial charge in [0, 0.05) is 12.2 Å². The average Bonchev–Trinajstić information content (AvgIpc) is 2.75. The van der Waals surface area contributed by atoms with E-state index in [1.54, 1.807) is 28.0 Å². The van der Waals surface area contributed by atoms with Gasteiger partial charge in [0.1, 0.15) is 17.2 Å². The van der Waals surface area contributed by atoms with Crippen LogP contribution in [0.2, 0.25) is 0 Å². The second kappa shape index (κ2) is 6.10. The van der Waals surface area contributed by atoms with Gasteiger partial charge >= 0.3 is 0 Å². The number of likely N-dealkylation sites (N-methyl/N-ethyl adjacent to an activating group) is 1. The number of nitrogens with one attached hydrogen (secondary N) is 1. The summed E-state index contributed by atoms with van der Waals surface area (Å²) in [4.78, 5) is 13.4. The summed E-state index contributed by atoms with van der Waals surface area (Å²) in [6.07, 6.45) is 2.27. The van der Waals surface area contributed by atoms with Crippen LogP contribution >= 0.6 is 23.1 Å². The van der Waals surface area contributed by atoms with E-state index in [-0.39, 0.29) is 0 Å². The number of nitrogen functional groups attached to an aromatic ring is 1. The number of aromatic nitrogens is 2. The number of quaternary nitrogens is 1. The molecule has 1 aliphatic heterocycles. The summed E-state index contributed by atoms with van der Waals surface area (Å²) >= 11 is 3.53. The first-order valence-corrected chi connectivity index (χ1v) is 9.36. The van der Waals surface area contributed by atoms with Crippen molar-refractivity contribution in [2.24, 2.45) is 5.92 Å². The quantitative estimate of drug-likeness (QED) is 0.667. The number of anilines is 1. The Hall–Kier alpha value is -0.850. The molecule has 3 heterocycles. The van der Waals surface area contributed by atoms with Crippen LogP contribution in [0.3, 0.4) is 0 Å². The first kappa shape index (κ1) is 15.1. The average molecular weight is 324 g/mol. The SMILES string of the molecule is CC(C)CCSc1nc(N)c2c3c(sc2n1)C[NH+](C)CC3. The normalized spacial score (nSPS) is 18.4. The maximum Gasteiger partial charge on any atom is 0.190 e. The number of hydrogen-bond donors (Lipinski definition) is 2. The second-order valence-corrected chi connectivity index (χ2v) is 8.39. The van der Waals surface area contributed by atoms with Gasteiger partial charge in [-0.15, -0.1) is 11.3 Å². The summed E-state index contributed by atoms with van der Waals surface area (Å²) < 4.78 is 0. The maximum absolute atomic E-state index is 6.23. The lowest BCUT2D eigenvalue weighted by Gasteiger charge is -2.19. The van der Waals surface area contributed by atoms with Crippen LogP contribution in [0.4, 0.5) is 5.82 Å². The molecule has 1 atom stereocenters. The number of nitrogens with two attached hydrogens (primary N) is 1. The summed E-state index contributed by atoms with van der Waals surface area (Å²) in [5.41, 5.74) is 7.63. The molecular formula is C15H23N4S2+. The Morgan fingerprint density at radius 3 is 2.95 bits per heavy atom. The van der Waals surface area contributed by atoms with E-state index in [1.165, 1.54) is 23.4 Å². The molecule has 114 valence electrons. The van der Waals surface area contributed by atoms with Crippen LogP contribution in [0.25, 0.3) is 10.2 Å². The molecular weight excluding hydrogens is 300 g/mol. The van der Waals surface area contributed by atoms with Gasteiger partial charge in [-0.25, -0.2) is 9.97 Å². The van der Waals surface area contributed by atoms with Crippen molar-refractivity contribution in [1.82, 2.24) is 9.97 Å². The molecule has 21 heavy (non-hydrogen) atoms.